The third kappa shape index (κ3) is 42.5. The van der Waals surface area contributed by atoms with Crippen LogP contribution in [-0.2, 0) is 72.9 Å². The van der Waals surface area contributed by atoms with Gasteiger partial charge in [0.1, 0.15) is 0 Å². The summed E-state index contributed by atoms with van der Waals surface area (Å²) in [5.41, 5.74) is -2.74. The number of unbranched alkanes of at least 4 members (excludes halogenated alkanes) is 16. The van der Waals surface area contributed by atoms with Crippen LogP contribution in [0.2, 0.25) is 0 Å². The van der Waals surface area contributed by atoms with Crippen LogP contribution in [0.3, 0.4) is 0 Å². The van der Waals surface area contributed by atoms with Crippen LogP contribution >= 0.6 is 0 Å². The van der Waals surface area contributed by atoms with E-state index in [0.29, 0.717) is 12.8 Å². The van der Waals surface area contributed by atoms with E-state index in [-0.39, 0.29) is 72.0 Å². The fourth-order valence-electron chi connectivity index (χ4n) is 5.26. The predicted molar refractivity (Wildman–Crippen MR) is 213 cm³/mol. The van der Waals surface area contributed by atoms with E-state index in [1.54, 1.807) is 0 Å². The minimum atomic E-state index is -4.99. The van der Waals surface area contributed by atoms with E-state index < -0.39 is 116 Å². The van der Waals surface area contributed by atoms with Gasteiger partial charge in [0.05, 0.1) is 12.8 Å². The molecule has 2 atom stereocenters. The molecule has 0 aromatic carbocycles. The largest absolute Gasteiger partial charge is 1.00 e. The molecule has 0 saturated carbocycles. The molecule has 0 aliphatic carbocycles. The summed E-state index contributed by atoms with van der Waals surface area (Å²) in [6, 6.07) is 0. The summed E-state index contributed by atoms with van der Waals surface area (Å²) >= 11 is 0. The van der Waals surface area contributed by atoms with Gasteiger partial charge in [-0.2, -0.15) is 16.8 Å². The molecule has 27 heteroatoms. The van der Waals surface area contributed by atoms with Crippen LogP contribution in [0.25, 0.3) is 0 Å². The molecular formula is C38H62Na2O23S2. The minimum Gasteiger partial charge on any atom is -0.550 e. The maximum absolute atomic E-state index is 11.5. The summed E-state index contributed by atoms with van der Waals surface area (Å²) in [6.07, 6.45) is 13.5. The maximum atomic E-state index is 11.5. The number of aliphatic carboxylic acids is 5. The molecule has 0 amide bonds. The number of aliphatic hydroxyl groups is 1. The summed E-state index contributed by atoms with van der Waals surface area (Å²) in [5, 5.41) is 49.9. The molecule has 0 bridgehead atoms. The van der Waals surface area contributed by atoms with Crippen molar-refractivity contribution in [1.29, 1.82) is 0 Å². The zero-order valence-electron chi connectivity index (χ0n) is 37.6. The molecule has 0 radical (unpaired) electrons. The van der Waals surface area contributed by atoms with Crippen LogP contribution in [0.15, 0.2) is 0 Å². The van der Waals surface area contributed by atoms with E-state index in [2.05, 4.69) is 23.3 Å². The topological polar surface area (TPSA) is 408 Å². The summed E-state index contributed by atoms with van der Waals surface area (Å²) in [5.74, 6) is -13.8. The average molecular weight is 997 g/mol. The Morgan fingerprint density at radius 2 is 0.738 bits per heavy atom. The van der Waals surface area contributed by atoms with Gasteiger partial charge in [-0.3, -0.25) is 37.9 Å². The fraction of sp³-hybridized carbons (Fsp3) is 0.763. The van der Waals surface area contributed by atoms with Crippen LogP contribution in [-0.4, -0.2) is 116 Å². The van der Waals surface area contributed by atoms with Crippen molar-refractivity contribution >= 4 is 74.0 Å². The van der Waals surface area contributed by atoms with E-state index in [0.717, 1.165) is 51.4 Å². The second-order valence-corrected chi connectivity index (χ2v) is 17.6. The Morgan fingerprint density at radius 1 is 0.492 bits per heavy atom. The van der Waals surface area contributed by atoms with Gasteiger partial charge in [0.15, 0.2) is 16.1 Å². The second kappa shape index (κ2) is 40.5. The van der Waals surface area contributed by atoms with E-state index >= 15 is 0 Å². The monoisotopic (exact) mass is 996 g/mol. The van der Waals surface area contributed by atoms with Gasteiger partial charge < -0.3 is 49.7 Å². The summed E-state index contributed by atoms with van der Waals surface area (Å²) in [4.78, 5) is 97.4. The second-order valence-electron chi connectivity index (χ2n) is 14.4. The molecular weight excluding hydrogens is 935 g/mol. The van der Waals surface area contributed by atoms with Crippen molar-refractivity contribution < 1.29 is 168 Å². The number of hydrogen-bond acceptors (Lipinski definition) is 18. The van der Waals surface area contributed by atoms with Crippen LogP contribution in [0.1, 0.15) is 168 Å². The molecule has 0 fully saturated rings. The quantitative estimate of drug-likeness (QED) is 0.0119. The van der Waals surface area contributed by atoms with Crippen LogP contribution in [0.5, 0.6) is 0 Å². The Hall–Kier alpha value is -2.59. The van der Waals surface area contributed by atoms with Crippen LogP contribution in [0, 0.1) is 0 Å². The molecule has 366 valence electrons. The van der Waals surface area contributed by atoms with Crippen molar-refractivity contribution in [2.75, 3.05) is 0 Å². The van der Waals surface area contributed by atoms with E-state index in [1.807, 2.05) is 0 Å². The van der Waals surface area contributed by atoms with Crippen molar-refractivity contribution in [2.45, 2.75) is 184 Å². The number of hydrogen-bond donors (Lipinski definition) is 6. The Morgan fingerprint density at radius 3 is 0.938 bits per heavy atom. The molecule has 23 nitrogen and oxygen atoms in total. The van der Waals surface area contributed by atoms with Gasteiger partial charge in [0, 0.05) is 37.6 Å². The molecule has 0 aromatic rings. The normalized spacial score (nSPS) is 11.8. The smallest absolute Gasteiger partial charge is 0.550 e. The number of esters is 4. The van der Waals surface area contributed by atoms with Gasteiger partial charge in [-0.15, -0.1) is 0 Å². The molecule has 0 spiro atoms. The number of rotatable bonds is 33. The van der Waals surface area contributed by atoms with Crippen LogP contribution in [0.4, 0.5) is 0 Å². The van der Waals surface area contributed by atoms with Crippen molar-refractivity contribution in [3.63, 3.8) is 0 Å². The van der Waals surface area contributed by atoms with Gasteiger partial charge in [-0.1, -0.05) is 117 Å². The molecule has 0 aliphatic rings. The molecule has 65 heavy (non-hydrogen) atoms. The van der Waals surface area contributed by atoms with Gasteiger partial charge in [0.25, 0.3) is 20.2 Å². The molecule has 0 aromatic heterocycles. The molecule has 0 aliphatic heterocycles. The third-order valence-electron chi connectivity index (χ3n) is 8.63. The summed E-state index contributed by atoms with van der Waals surface area (Å²) < 4.78 is 70.1. The molecule has 0 saturated heterocycles. The van der Waals surface area contributed by atoms with Crippen molar-refractivity contribution in [3.05, 3.63) is 0 Å². The van der Waals surface area contributed by atoms with Crippen molar-refractivity contribution in [3.8, 4) is 0 Å². The van der Waals surface area contributed by atoms with Crippen molar-refractivity contribution in [2.24, 2.45) is 0 Å². The first-order valence-corrected chi connectivity index (χ1v) is 23.4. The molecule has 2 unspecified atom stereocenters. The summed E-state index contributed by atoms with van der Waals surface area (Å²) in [6.45, 7) is 4.31. The zero-order valence-corrected chi connectivity index (χ0v) is 43.2. The number of carbonyl (C=O) groups excluding carboxylic acids is 6. The zero-order chi connectivity index (χ0) is 49.2. The standard InChI is InChI=1S/2C16H28O8S.C6H8O7.2Na/c2*1-2-3-4-5-6-7-8-9-10-11-15(19)24-16(20)13(12-14(17)18)25(21,22)23;7-3(8)1-6(13,5(11)12)2-4(9)10;;/h2*13H,2-12H2,1H3,(H,17,18)(H,21,22,23);13H,1-2H2,(H,7,8)(H,9,10)(H,11,12);;/q;;;2*+1/p-2. The van der Waals surface area contributed by atoms with Crippen molar-refractivity contribution in [1.82, 2.24) is 0 Å². The first-order valence-electron chi connectivity index (χ1n) is 20.3. The number of carboxylic acid groups (broad SMARTS) is 5. The van der Waals surface area contributed by atoms with Gasteiger partial charge in [-0.25, -0.2) is 4.79 Å². The van der Waals surface area contributed by atoms with E-state index in [9.17, 15) is 70.2 Å². The number of carbonyl (C=O) groups is 9. The number of ether oxygens (including phenoxy) is 2. The molecule has 0 heterocycles. The van der Waals surface area contributed by atoms with E-state index in [4.69, 9.17) is 29.5 Å². The first kappa shape index (κ1) is 71.4. The third-order valence-corrected chi connectivity index (χ3v) is 10.8. The molecule has 6 N–H and O–H groups in total. The van der Waals surface area contributed by atoms with Gasteiger partial charge >= 0.3 is 101 Å². The Balaban J connectivity index is -0.000000286. The first-order chi connectivity index (χ1) is 29.1. The minimum absolute atomic E-state index is 0. The van der Waals surface area contributed by atoms with Gasteiger partial charge in [0.2, 0.25) is 0 Å². The van der Waals surface area contributed by atoms with Gasteiger partial charge in [-0.05, 0) is 12.8 Å². The van der Waals surface area contributed by atoms with Crippen LogP contribution < -0.4 is 69.3 Å². The fourth-order valence-corrected chi connectivity index (χ4v) is 6.53. The Kier molecular flexibility index (Phi) is 44.5. The Labute approximate surface area is 423 Å². The maximum Gasteiger partial charge on any atom is 1.00 e. The average Bonchev–Trinajstić information content (AvgIpc) is 3.13. The van der Waals surface area contributed by atoms with E-state index in [1.165, 1.54) is 51.4 Å². The Bertz CT molecular complexity index is 1570. The molecule has 0 rings (SSSR count). The SMILES string of the molecule is CCCCCCCCCCCC(=O)OC(=O)C(CC(=O)[O-])S(=O)(=O)O.CCCCCCCCCCCC(=O)OC(=O)C(CC(=O)[O-])S(=O)(=O)O.O=C(O)CC(O)(CC(=O)O)C(=O)O.[Na+].[Na+]. The predicted octanol–water partition coefficient (Wildman–Crippen LogP) is -4.49. The summed E-state index contributed by atoms with van der Waals surface area (Å²) in [7, 11) is -9.99. The number of carboxylic acids is 5.